The summed E-state index contributed by atoms with van der Waals surface area (Å²) in [6.45, 7) is 5.10. The number of halogens is 2. The smallest absolute Gasteiger partial charge is 0.256 e. The summed E-state index contributed by atoms with van der Waals surface area (Å²) < 4.78 is 26.6. The van der Waals surface area contributed by atoms with E-state index in [1.54, 1.807) is 30.3 Å². The standard InChI is InChI=1S/C27H25Cl2N3O4S2/c1-15-24(30-16(2)25(15)27(34)32-8-10-37-11-9-32)13-19-18-12-17(6-7-23(18)31-26(19)33)38(35,36)14-20-21(28)4-3-5-22(20)29/h3-7,12-13,30H,8-11,14H2,1-2H3,(H,31,33). The fourth-order valence-corrected chi connectivity index (χ4v) is 7.78. The van der Waals surface area contributed by atoms with Gasteiger partial charge in [-0.1, -0.05) is 29.3 Å². The lowest BCUT2D eigenvalue weighted by Crippen LogP contribution is -2.38. The van der Waals surface area contributed by atoms with Crippen LogP contribution in [0.2, 0.25) is 10.0 Å². The van der Waals surface area contributed by atoms with Crippen molar-refractivity contribution in [3.05, 3.63) is 80.1 Å². The molecule has 0 saturated carbocycles. The predicted octanol–water partition coefficient (Wildman–Crippen LogP) is 5.59. The Morgan fingerprint density at radius 1 is 1.11 bits per heavy atom. The van der Waals surface area contributed by atoms with Crippen molar-refractivity contribution in [2.24, 2.45) is 0 Å². The van der Waals surface area contributed by atoms with E-state index in [2.05, 4.69) is 10.3 Å². The van der Waals surface area contributed by atoms with Gasteiger partial charge in [-0.15, -0.1) is 0 Å². The number of rotatable bonds is 5. The number of nitrogens with one attached hydrogen (secondary N) is 2. The number of carbonyl (C=O) groups is 2. The minimum Gasteiger partial charge on any atom is -0.358 e. The lowest BCUT2D eigenvalue weighted by Gasteiger charge is -2.26. The summed E-state index contributed by atoms with van der Waals surface area (Å²) in [6, 6.07) is 9.36. The third-order valence-electron chi connectivity index (χ3n) is 6.81. The number of anilines is 1. The molecule has 2 N–H and O–H groups in total. The third kappa shape index (κ3) is 5.00. The molecule has 38 heavy (non-hydrogen) atoms. The van der Waals surface area contributed by atoms with Gasteiger partial charge in [-0.25, -0.2) is 8.42 Å². The Morgan fingerprint density at radius 3 is 2.47 bits per heavy atom. The number of fused-ring (bicyclic) bond motifs is 1. The first-order valence-corrected chi connectivity index (χ1v) is 15.5. The largest absolute Gasteiger partial charge is 0.358 e. The molecule has 2 amide bonds. The van der Waals surface area contributed by atoms with E-state index >= 15 is 0 Å². The number of aromatic amines is 1. The lowest BCUT2D eigenvalue weighted by molar-refractivity contribution is -0.110. The van der Waals surface area contributed by atoms with E-state index in [1.165, 1.54) is 12.1 Å². The Bertz CT molecular complexity index is 1590. The van der Waals surface area contributed by atoms with E-state index < -0.39 is 9.84 Å². The number of nitrogens with zero attached hydrogens (tertiary/aromatic N) is 1. The maximum absolute atomic E-state index is 13.3. The highest BCUT2D eigenvalue weighted by molar-refractivity contribution is 7.99. The molecule has 0 bridgehead atoms. The fourth-order valence-electron chi connectivity index (χ4n) is 4.76. The summed E-state index contributed by atoms with van der Waals surface area (Å²) >= 11 is 14.2. The van der Waals surface area contributed by atoms with Crippen molar-refractivity contribution in [3.8, 4) is 0 Å². The van der Waals surface area contributed by atoms with Crippen molar-refractivity contribution < 1.29 is 18.0 Å². The van der Waals surface area contributed by atoms with Gasteiger partial charge in [0, 0.05) is 62.8 Å². The van der Waals surface area contributed by atoms with E-state index in [9.17, 15) is 18.0 Å². The van der Waals surface area contributed by atoms with Crippen LogP contribution in [0.15, 0.2) is 41.3 Å². The first-order valence-electron chi connectivity index (χ1n) is 12.0. The molecule has 11 heteroatoms. The second-order valence-electron chi connectivity index (χ2n) is 9.25. The Morgan fingerprint density at radius 2 is 1.79 bits per heavy atom. The van der Waals surface area contributed by atoms with Crippen LogP contribution >= 0.6 is 35.0 Å². The summed E-state index contributed by atoms with van der Waals surface area (Å²) in [5, 5.41) is 3.33. The van der Waals surface area contributed by atoms with Gasteiger partial charge in [0.15, 0.2) is 9.84 Å². The Hall–Kier alpha value is -2.72. The molecule has 0 aliphatic carbocycles. The molecule has 0 atom stereocenters. The first-order chi connectivity index (χ1) is 18.1. The molecule has 3 heterocycles. The first kappa shape index (κ1) is 26.9. The number of sulfone groups is 1. The molecule has 1 fully saturated rings. The van der Waals surface area contributed by atoms with Gasteiger partial charge in [-0.05, 0) is 55.8 Å². The second-order valence-corrected chi connectivity index (χ2v) is 13.3. The zero-order valence-corrected chi connectivity index (χ0v) is 23.9. The van der Waals surface area contributed by atoms with Crippen LogP contribution in [0, 0.1) is 13.8 Å². The molecule has 3 aromatic rings. The van der Waals surface area contributed by atoms with Crippen LogP contribution < -0.4 is 5.32 Å². The molecule has 0 unspecified atom stereocenters. The van der Waals surface area contributed by atoms with Gasteiger partial charge in [-0.2, -0.15) is 11.8 Å². The van der Waals surface area contributed by atoms with Gasteiger partial charge < -0.3 is 15.2 Å². The average Bonchev–Trinajstić information content (AvgIpc) is 3.35. The molecule has 2 aromatic carbocycles. The number of benzene rings is 2. The van der Waals surface area contributed by atoms with Crippen molar-refractivity contribution in [2.45, 2.75) is 24.5 Å². The van der Waals surface area contributed by atoms with Crippen LogP contribution in [0.3, 0.4) is 0 Å². The predicted molar refractivity (Wildman–Crippen MR) is 154 cm³/mol. The number of hydrogen-bond acceptors (Lipinski definition) is 5. The number of H-pyrrole nitrogens is 1. The molecular weight excluding hydrogens is 565 g/mol. The van der Waals surface area contributed by atoms with E-state index in [-0.39, 0.29) is 32.5 Å². The zero-order chi connectivity index (χ0) is 27.2. The summed E-state index contributed by atoms with van der Waals surface area (Å²) in [6.07, 6.45) is 1.67. The number of aromatic nitrogens is 1. The van der Waals surface area contributed by atoms with Crippen LogP contribution in [-0.2, 0) is 20.4 Å². The van der Waals surface area contributed by atoms with Crippen LogP contribution in [0.1, 0.15) is 38.4 Å². The SMILES string of the molecule is Cc1[nH]c(C=C2C(=O)Nc3ccc(S(=O)(=O)Cc4c(Cl)cccc4Cl)cc32)c(C)c1C(=O)N1CCSCC1. The number of thioether (sulfide) groups is 1. The molecule has 1 saturated heterocycles. The monoisotopic (exact) mass is 589 g/mol. The van der Waals surface area contributed by atoms with E-state index in [0.29, 0.717) is 46.7 Å². The molecule has 198 valence electrons. The van der Waals surface area contributed by atoms with Gasteiger partial charge >= 0.3 is 0 Å². The van der Waals surface area contributed by atoms with Gasteiger partial charge in [0.1, 0.15) is 0 Å². The zero-order valence-electron chi connectivity index (χ0n) is 20.7. The lowest BCUT2D eigenvalue weighted by atomic mass is 10.0. The Kier molecular flexibility index (Phi) is 7.39. The molecule has 1 aromatic heterocycles. The molecule has 0 radical (unpaired) electrons. The van der Waals surface area contributed by atoms with Crippen molar-refractivity contribution in [2.75, 3.05) is 29.9 Å². The number of amides is 2. The molecule has 0 spiro atoms. The van der Waals surface area contributed by atoms with Crippen molar-refractivity contribution in [1.82, 2.24) is 9.88 Å². The van der Waals surface area contributed by atoms with Crippen LogP contribution in [0.5, 0.6) is 0 Å². The average molecular weight is 591 g/mol. The topological polar surface area (TPSA) is 99.3 Å². The van der Waals surface area contributed by atoms with Crippen LogP contribution in [0.25, 0.3) is 11.6 Å². The molecule has 5 rings (SSSR count). The maximum atomic E-state index is 13.3. The highest BCUT2D eigenvalue weighted by Gasteiger charge is 2.29. The quantitative estimate of drug-likeness (QED) is 0.378. The van der Waals surface area contributed by atoms with Crippen molar-refractivity contribution >= 4 is 74.0 Å². The van der Waals surface area contributed by atoms with Crippen LogP contribution in [0.4, 0.5) is 5.69 Å². The number of carbonyl (C=O) groups excluding carboxylic acids is 2. The van der Waals surface area contributed by atoms with Gasteiger partial charge in [0.2, 0.25) is 0 Å². The van der Waals surface area contributed by atoms with Crippen LogP contribution in [-0.4, -0.2) is 54.7 Å². The number of aryl methyl sites for hydroxylation is 1. The normalized spacial score (nSPS) is 16.6. The summed E-state index contributed by atoms with van der Waals surface area (Å²) in [7, 11) is -3.82. The molecule has 7 nitrogen and oxygen atoms in total. The molecular formula is C27H25Cl2N3O4S2. The maximum Gasteiger partial charge on any atom is 0.256 e. The molecule has 2 aliphatic rings. The fraction of sp³-hybridized carbons (Fsp3) is 0.259. The number of hydrogen-bond donors (Lipinski definition) is 2. The van der Waals surface area contributed by atoms with Crippen molar-refractivity contribution in [3.63, 3.8) is 0 Å². The Balaban J connectivity index is 1.50. The second kappa shape index (κ2) is 10.4. The van der Waals surface area contributed by atoms with Gasteiger partial charge in [0.05, 0.1) is 21.8 Å². The highest BCUT2D eigenvalue weighted by Crippen LogP contribution is 2.37. The Labute approximate surface area is 235 Å². The minimum atomic E-state index is -3.82. The molecule has 2 aliphatic heterocycles. The summed E-state index contributed by atoms with van der Waals surface area (Å²) in [5.74, 6) is 1.08. The highest BCUT2D eigenvalue weighted by atomic mass is 35.5. The summed E-state index contributed by atoms with van der Waals surface area (Å²) in [5.41, 5.74) is 4.32. The van der Waals surface area contributed by atoms with E-state index in [4.69, 9.17) is 23.2 Å². The van der Waals surface area contributed by atoms with E-state index in [0.717, 1.165) is 22.8 Å². The van der Waals surface area contributed by atoms with Gasteiger partial charge in [0.25, 0.3) is 11.8 Å². The van der Waals surface area contributed by atoms with Crippen molar-refractivity contribution in [1.29, 1.82) is 0 Å². The van der Waals surface area contributed by atoms with E-state index in [1.807, 2.05) is 30.5 Å². The summed E-state index contributed by atoms with van der Waals surface area (Å²) in [4.78, 5) is 31.3. The minimum absolute atomic E-state index is 0.0240. The van der Waals surface area contributed by atoms with Gasteiger partial charge in [-0.3, -0.25) is 9.59 Å². The third-order valence-corrected chi connectivity index (χ3v) is 10.1.